The molecule has 2 rings (SSSR count). The van der Waals surface area contributed by atoms with E-state index >= 15 is 0 Å². The summed E-state index contributed by atoms with van der Waals surface area (Å²) in [4.78, 5) is 9.40. The molecule has 0 saturated heterocycles. The van der Waals surface area contributed by atoms with Gasteiger partial charge in [0.05, 0.1) is 0 Å². The Kier molecular flexibility index (Phi) is 5.35. The van der Waals surface area contributed by atoms with Crippen LogP contribution in [0.5, 0.6) is 0 Å². The Morgan fingerprint density at radius 3 is 2.65 bits per heavy atom. The van der Waals surface area contributed by atoms with Gasteiger partial charge >= 0.3 is 0 Å². The highest BCUT2D eigenvalue weighted by Crippen LogP contribution is 2.42. The molecule has 1 unspecified atom stereocenters. The lowest BCUT2D eigenvalue weighted by Crippen LogP contribution is -2.14. The molecule has 1 aliphatic carbocycles. The number of hydrogen-bond donors (Lipinski definition) is 1. The van der Waals surface area contributed by atoms with E-state index in [2.05, 4.69) is 37.1 Å². The molecule has 1 aliphatic rings. The Labute approximate surface area is 122 Å². The first-order chi connectivity index (χ1) is 9.63. The third-order valence-corrected chi connectivity index (χ3v) is 3.53. The molecule has 0 bridgehead atoms. The maximum absolute atomic E-state index is 5.63. The van der Waals surface area contributed by atoms with Crippen molar-refractivity contribution in [3.05, 3.63) is 17.6 Å². The van der Waals surface area contributed by atoms with Crippen molar-refractivity contribution in [3.8, 4) is 0 Å². The van der Waals surface area contributed by atoms with Crippen molar-refractivity contribution in [2.75, 3.05) is 19.0 Å². The molecule has 0 aliphatic heterocycles. The van der Waals surface area contributed by atoms with Gasteiger partial charge in [0, 0.05) is 25.4 Å². The zero-order valence-corrected chi connectivity index (χ0v) is 13.1. The van der Waals surface area contributed by atoms with E-state index in [4.69, 9.17) is 9.72 Å². The summed E-state index contributed by atoms with van der Waals surface area (Å²) in [6, 6.07) is 2.08. The van der Waals surface area contributed by atoms with E-state index in [0.717, 1.165) is 36.7 Å². The third kappa shape index (κ3) is 4.17. The van der Waals surface area contributed by atoms with E-state index < -0.39 is 0 Å². The van der Waals surface area contributed by atoms with E-state index in [1.54, 1.807) is 7.11 Å². The first-order valence-electron chi connectivity index (χ1n) is 7.78. The first-order valence-corrected chi connectivity index (χ1v) is 7.78. The minimum absolute atomic E-state index is 0.0595. The molecule has 4 heteroatoms. The Morgan fingerprint density at radius 1 is 1.35 bits per heavy atom. The summed E-state index contributed by atoms with van der Waals surface area (Å²) in [5, 5.41) is 3.38. The lowest BCUT2D eigenvalue weighted by atomic mass is 10.1. The van der Waals surface area contributed by atoms with Crippen molar-refractivity contribution in [1.82, 2.24) is 9.97 Å². The van der Waals surface area contributed by atoms with Crippen molar-refractivity contribution in [1.29, 1.82) is 0 Å². The van der Waals surface area contributed by atoms with Gasteiger partial charge in [-0.25, -0.2) is 9.97 Å². The molecule has 1 aromatic rings. The van der Waals surface area contributed by atoms with Gasteiger partial charge in [0.2, 0.25) is 0 Å². The van der Waals surface area contributed by atoms with Crippen LogP contribution < -0.4 is 5.32 Å². The van der Waals surface area contributed by atoms with Gasteiger partial charge in [-0.3, -0.25) is 0 Å². The summed E-state index contributed by atoms with van der Waals surface area (Å²) in [6.45, 7) is 7.54. The number of aromatic nitrogens is 2. The molecule has 112 valence electrons. The van der Waals surface area contributed by atoms with Gasteiger partial charge in [-0.1, -0.05) is 20.8 Å². The third-order valence-electron chi connectivity index (χ3n) is 3.53. The minimum atomic E-state index is 0.0595. The Hall–Kier alpha value is -1.16. The molecule has 1 heterocycles. The lowest BCUT2D eigenvalue weighted by Gasteiger charge is -2.16. The fourth-order valence-electron chi connectivity index (χ4n) is 2.42. The number of methoxy groups -OCH3 is 1. The van der Waals surface area contributed by atoms with Crippen molar-refractivity contribution in [3.63, 3.8) is 0 Å². The van der Waals surface area contributed by atoms with E-state index in [0.29, 0.717) is 11.8 Å². The van der Waals surface area contributed by atoms with Gasteiger partial charge in [0.25, 0.3) is 0 Å². The van der Waals surface area contributed by atoms with Crippen LogP contribution in [0.1, 0.15) is 57.7 Å². The second kappa shape index (κ2) is 7.02. The van der Waals surface area contributed by atoms with Crippen LogP contribution in [0.15, 0.2) is 6.07 Å². The van der Waals surface area contributed by atoms with Crippen molar-refractivity contribution >= 4 is 5.82 Å². The number of hydrogen-bond acceptors (Lipinski definition) is 4. The largest absolute Gasteiger partial charge is 0.373 e. The molecule has 20 heavy (non-hydrogen) atoms. The van der Waals surface area contributed by atoms with Gasteiger partial charge in [-0.05, 0) is 37.5 Å². The summed E-state index contributed by atoms with van der Waals surface area (Å²) in [7, 11) is 1.76. The van der Waals surface area contributed by atoms with Crippen LogP contribution >= 0.6 is 0 Å². The zero-order valence-electron chi connectivity index (χ0n) is 13.1. The van der Waals surface area contributed by atoms with Crippen LogP contribution in [-0.4, -0.2) is 23.6 Å². The Morgan fingerprint density at radius 2 is 2.10 bits per heavy atom. The van der Waals surface area contributed by atoms with Crippen molar-refractivity contribution in [2.24, 2.45) is 11.8 Å². The Balaban J connectivity index is 2.23. The second-order valence-electron chi connectivity index (χ2n) is 6.12. The molecule has 0 aromatic carbocycles. The highest BCUT2D eigenvalue weighted by atomic mass is 16.5. The van der Waals surface area contributed by atoms with E-state index in [-0.39, 0.29) is 6.10 Å². The summed E-state index contributed by atoms with van der Waals surface area (Å²) in [5.41, 5.74) is 1.12. The van der Waals surface area contributed by atoms with E-state index in [9.17, 15) is 0 Å². The SMILES string of the molecule is CCCNc1cc(CC(C)C)nc(C(OC)C2CC2)n1. The topological polar surface area (TPSA) is 47.0 Å². The van der Waals surface area contributed by atoms with Gasteiger partial charge in [-0.15, -0.1) is 0 Å². The molecule has 1 atom stereocenters. The van der Waals surface area contributed by atoms with Gasteiger partial charge < -0.3 is 10.1 Å². The summed E-state index contributed by atoms with van der Waals surface area (Å²) in [5.74, 6) is 2.99. The first kappa shape index (κ1) is 15.2. The maximum Gasteiger partial charge on any atom is 0.159 e. The van der Waals surface area contributed by atoms with Crippen LogP contribution in [0, 0.1) is 11.8 Å². The molecule has 1 fully saturated rings. The highest BCUT2D eigenvalue weighted by Gasteiger charge is 2.34. The molecule has 0 radical (unpaired) electrons. The van der Waals surface area contributed by atoms with Gasteiger partial charge in [-0.2, -0.15) is 0 Å². The zero-order chi connectivity index (χ0) is 14.5. The molecule has 0 spiro atoms. The highest BCUT2D eigenvalue weighted by molar-refractivity contribution is 5.36. The monoisotopic (exact) mass is 277 g/mol. The van der Waals surface area contributed by atoms with E-state index in [1.807, 2.05) is 0 Å². The smallest absolute Gasteiger partial charge is 0.159 e. The molecular weight excluding hydrogens is 250 g/mol. The quantitative estimate of drug-likeness (QED) is 0.788. The number of nitrogens with one attached hydrogen (secondary N) is 1. The fraction of sp³-hybridized carbons (Fsp3) is 0.750. The number of nitrogens with zero attached hydrogens (tertiary/aromatic N) is 2. The summed E-state index contributed by atoms with van der Waals surface area (Å²) in [6.07, 6.45) is 4.60. The standard InChI is InChI=1S/C16H27N3O/c1-5-8-17-14-10-13(9-11(2)3)18-16(19-14)15(20-4)12-6-7-12/h10-12,15H,5-9H2,1-4H3,(H,17,18,19). The second-order valence-corrected chi connectivity index (χ2v) is 6.12. The number of anilines is 1. The lowest BCUT2D eigenvalue weighted by molar-refractivity contribution is 0.0771. The van der Waals surface area contributed by atoms with Crippen LogP contribution in [0.4, 0.5) is 5.82 Å². The van der Waals surface area contributed by atoms with Crippen LogP contribution in [0.25, 0.3) is 0 Å². The molecule has 1 N–H and O–H groups in total. The molecule has 1 saturated carbocycles. The average Bonchev–Trinajstić information content (AvgIpc) is 3.21. The van der Waals surface area contributed by atoms with Crippen LogP contribution in [0.3, 0.4) is 0 Å². The summed E-state index contributed by atoms with van der Waals surface area (Å²) >= 11 is 0. The van der Waals surface area contributed by atoms with Crippen LogP contribution in [-0.2, 0) is 11.2 Å². The average molecular weight is 277 g/mol. The van der Waals surface area contributed by atoms with Gasteiger partial charge in [0.1, 0.15) is 11.9 Å². The predicted octanol–water partition coefficient (Wildman–Crippen LogP) is 3.59. The van der Waals surface area contributed by atoms with Crippen molar-refractivity contribution < 1.29 is 4.74 Å². The van der Waals surface area contributed by atoms with Crippen molar-refractivity contribution in [2.45, 2.75) is 52.6 Å². The molecular formula is C16H27N3O. The number of ether oxygens (including phenoxy) is 1. The summed E-state index contributed by atoms with van der Waals surface area (Å²) < 4.78 is 5.63. The maximum atomic E-state index is 5.63. The number of rotatable bonds is 8. The Bertz CT molecular complexity index is 430. The molecule has 4 nitrogen and oxygen atoms in total. The molecule has 1 aromatic heterocycles. The minimum Gasteiger partial charge on any atom is -0.373 e. The van der Waals surface area contributed by atoms with Gasteiger partial charge in [0.15, 0.2) is 5.82 Å². The fourth-order valence-corrected chi connectivity index (χ4v) is 2.42. The predicted molar refractivity (Wildman–Crippen MR) is 81.8 cm³/mol. The van der Waals surface area contributed by atoms with E-state index in [1.165, 1.54) is 12.8 Å². The van der Waals surface area contributed by atoms with Crippen LogP contribution in [0.2, 0.25) is 0 Å². The normalized spacial score (nSPS) is 16.4. The molecule has 0 amide bonds.